The molecule has 0 spiro atoms. The Morgan fingerprint density at radius 3 is 2.66 bits per heavy atom. The number of aliphatic imine (C=N–C) groups is 1. The van der Waals surface area contributed by atoms with E-state index in [4.69, 9.17) is 4.99 Å². The van der Waals surface area contributed by atoms with E-state index in [0.717, 1.165) is 44.1 Å². The van der Waals surface area contributed by atoms with E-state index in [0.29, 0.717) is 6.54 Å². The Morgan fingerprint density at radius 1 is 1.14 bits per heavy atom. The van der Waals surface area contributed by atoms with Crippen molar-refractivity contribution in [2.75, 3.05) is 13.1 Å². The summed E-state index contributed by atoms with van der Waals surface area (Å²) in [7, 11) is 0. The quantitative estimate of drug-likeness (QED) is 0.180. The Hall–Kier alpha value is -2.36. The van der Waals surface area contributed by atoms with E-state index in [-0.39, 0.29) is 24.0 Å². The number of halogens is 1. The molecule has 0 fully saturated rings. The van der Waals surface area contributed by atoms with E-state index < -0.39 is 0 Å². The molecule has 8 heteroatoms. The molecular weight excluding hydrogens is 477 g/mol. The number of aromatic amines is 1. The van der Waals surface area contributed by atoms with Gasteiger partial charge in [0.1, 0.15) is 0 Å². The van der Waals surface area contributed by atoms with Crippen LogP contribution in [-0.4, -0.2) is 39.0 Å². The van der Waals surface area contributed by atoms with Crippen LogP contribution < -0.4 is 10.6 Å². The minimum atomic E-state index is 0. The van der Waals surface area contributed by atoms with Gasteiger partial charge in [0.2, 0.25) is 0 Å². The zero-order valence-corrected chi connectivity index (χ0v) is 19.4. The number of aryl methyl sites for hydroxylation is 2. The Balaban J connectivity index is 0.00000300. The fourth-order valence-corrected chi connectivity index (χ4v) is 3.05. The average molecular weight is 507 g/mol. The van der Waals surface area contributed by atoms with Crippen molar-refractivity contribution in [1.29, 1.82) is 0 Å². The second-order valence-electron chi connectivity index (χ2n) is 6.72. The maximum absolute atomic E-state index is 4.77. The summed E-state index contributed by atoms with van der Waals surface area (Å²) in [6.45, 7) is 7.23. The minimum Gasteiger partial charge on any atom is -0.357 e. The molecule has 0 amide bonds. The average Bonchev–Trinajstić information content (AvgIpc) is 3.36. The molecule has 0 saturated carbocycles. The number of guanidine groups is 1. The van der Waals surface area contributed by atoms with Crippen LogP contribution in [0.5, 0.6) is 0 Å². The number of benzene rings is 1. The Bertz CT molecular complexity index is 871. The van der Waals surface area contributed by atoms with Crippen molar-refractivity contribution in [1.82, 2.24) is 30.6 Å². The number of hydrogen-bond donors (Lipinski definition) is 3. The lowest BCUT2D eigenvalue weighted by molar-refractivity contribution is 0.680. The number of hydrogen-bond acceptors (Lipinski definition) is 3. The Kier molecular flexibility index (Phi) is 9.69. The fraction of sp³-hybridized carbons (Fsp3) is 0.381. The molecule has 0 aliphatic rings. The summed E-state index contributed by atoms with van der Waals surface area (Å²) in [6.07, 6.45) is 7.72. The van der Waals surface area contributed by atoms with Gasteiger partial charge >= 0.3 is 0 Å². The van der Waals surface area contributed by atoms with Crippen molar-refractivity contribution in [3.8, 4) is 0 Å². The lowest BCUT2D eigenvalue weighted by atomic mass is 10.1. The van der Waals surface area contributed by atoms with Gasteiger partial charge in [0.15, 0.2) is 5.96 Å². The van der Waals surface area contributed by atoms with Crippen molar-refractivity contribution in [2.45, 2.75) is 39.8 Å². The van der Waals surface area contributed by atoms with Gasteiger partial charge in [-0.05, 0) is 49.4 Å². The fourth-order valence-electron chi connectivity index (χ4n) is 3.05. The molecule has 3 N–H and O–H groups in total. The summed E-state index contributed by atoms with van der Waals surface area (Å²) < 4.78 is 1.93. The number of rotatable bonds is 9. The highest BCUT2D eigenvalue weighted by Crippen LogP contribution is 2.11. The smallest absolute Gasteiger partial charge is 0.191 e. The van der Waals surface area contributed by atoms with Gasteiger partial charge < -0.3 is 10.6 Å². The number of aromatic nitrogens is 4. The zero-order valence-electron chi connectivity index (χ0n) is 17.1. The molecule has 7 nitrogen and oxygen atoms in total. The molecule has 0 aliphatic heterocycles. The number of nitrogens with one attached hydrogen (secondary N) is 3. The van der Waals surface area contributed by atoms with Crippen LogP contribution in [0, 0.1) is 6.92 Å². The molecule has 156 valence electrons. The first-order valence-electron chi connectivity index (χ1n) is 9.81. The molecular formula is C21H30IN7. The summed E-state index contributed by atoms with van der Waals surface area (Å²) >= 11 is 0. The molecule has 0 aliphatic carbocycles. The summed E-state index contributed by atoms with van der Waals surface area (Å²) in [5.41, 5.74) is 4.87. The third kappa shape index (κ3) is 7.19. The third-order valence-electron chi connectivity index (χ3n) is 4.61. The van der Waals surface area contributed by atoms with Gasteiger partial charge in [-0.2, -0.15) is 10.2 Å². The lowest BCUT2D eigenvalue weighted by Crippen LogP contribution is -2.37. The topological polar surface area (TPSA) is 82.9 Å². The van der Waals surface area contributed by atoms with Gasteiger partial charge in [-0.3, -0.25) is 9.78 Å². The van der Waals surface area contributed by atoms with Crippen LogP contribution in [0.1, 0.15) is 35.7 Å². The SMILES string of the molecule is CCNC(=NCc1ccccc1Cn1cccn1)NCCCc1cn[nH]c1C.I. The third-order valence-corrected chi connectivity index (χ3v) is 4.61. The van der Waals surface area contributed by atoms with E-state index in [2.05, 4.69) is 64.0 Å². The first kappa shape index (κ1) is 22.9. The minimum absolute atomic E-state index is 0. The van der Waals surface area contributed by atoms with Crippen molar-refractivity contribution in [3.05, 3.63) is 71.3 Å². The maximum atomic E-state index is 4.77. The zero-order chi connectivity index (χ0) is 19.6. The maximum Gasteiger partial charge on any atom is 0.191 e. The van der Waals surface area contributed by atoms with Crippen LogP contribution >= 0.6 is 24.0 Å². The van der Waals surface area contributed by atoms with Crippen LogP contribution in [0.2, 0.25) is 0 Å². The second-order valence-corrected chi connectivity index (χ2v) is 6.72. The molecule has 29 heavy (non-hydrogen) atoms. The predicted octanol–water partition coefficient (Wildman–Crippen LogP) is 3.27. The van der Waals surface area contributed by atoms with Crippen molar-refractivity contribution < 1.29 is 0 Å². The molecule has 0 bridgehead atoms. The first-order chi connectivity index (χ1) is 13.8. The monoisotopic (exact) mass is 507 g/mol. The summed E-state index contributed by atoms with van der Waals surface area (Å²) in [4.78, 5) is 4.77. The molecule has 1 aromatic carbocycles. The van der Waals surface area contributed by atoms with Gasteiger partial charge in [0.25, 0.3) is 0 Å². The molecule has 2 heterocycles. The van der Waals surface area contributed by atoms with Crippen molar-refractivity contribution in [2.24, 2.45) is 4.99 Å². The highest BCUT2D eigenvalue weighted by molar-refractivity contribution is 14.0. The molecule has 3 aromatic rings. The van der Waals surface area contributed by atoms with Gasteiger partial charge in [0, 0.05) is 31.2 Å². The molecule has 0 radical (unpaired) electrons. The molecule has 2 aromatic heterocycles. The first-order valence-corrected chi connectivity index (χ1v) is 9.81. The van der Waals surface area contributed by atoms with E-state index in [1.54, 1.807) is 6.20 Å². The van der Waals surface area contributed by atoms with Crippen LogP contribution in [0.3, 0.4) is 0 Å². The highest BCUT2D eigenvalue weighted by Gasteiger charge is 2.04. The largest absolute Gasteiger partial charge is 0.357 e. The van der Waals surface area contributed by atoms with Gasteiger partial charge in [0.05, 0.1) is 19.3 Å². The van der Waals surface area contributed by atoms with Gasteiger partial charge in [-0.25, -0.2) is 4.99 Å². The summed E-state index contributed by atoms with van der Waals surface area (Å²) in [6, 6.07) is 10.3. The molecule has 3 rings (SSSR count). The summed E-state index contributed by atoms with van der Waals surface area (Å²) in [5, 5.41) is 18.1. The van der Waals surface area contributed by atoms with E-state index in [1.165, 1.54) is 16.7 Å². The van der Waals surface area contributed by atoms with Crippen LogP contribution in [-0.2, 0) is 19.5 Å². The van der Waals surface area contributed by atoms with Crippen molar-refractivity contribution in [3.63, 3.8) is 0 Å². The molecule has 0 atom stereocenters. The highest BCUT2D eigenvalue weighted by atomic mass is 127. The van der Waals surface area contributed by atoms with Crippen LogP contribution in [0.4, 0.5) is 0 Å². The second kappa shape index (κ2) is 12.3. The number of H-pyrrole nitrogens is 1. The van der Waals surface area contributed by atoms with Crippen LogP contribution in [0.15, 0.2) is 53.9 Å². The summed E-state index contributed by atoms with van der Waals surface area (Å²) in [5.74, 6) is 0.848. The van der Waals surface area contributed by atoms with E-state index in [1.807, 2.05) is 23.1 Å². The Labute approximate surface area is 189 Å². The molecule has 0 saturated heterocycles. The van der Waals surface area contributed by atoms with Crippen molar-refractivity contribution >= 4 is 29.9 Å². The molecule has 0 unspecified atom stereocenters. The predicted molar refractivity (Wildman–Crippen MR) is 128 cm³/mol. The van der Waals surface area contributed by atoms with Gasteiger partial charge in [-0.15, -0.1) is 24.0 Å². The van der Waals surface area contributed by atoms with E-state index >= 15 is 0 Å². The standard InChI is InChI=1S/C21H29N7.HI/c1-3-22-21(23-11-6-10-18-15-25-27-17(18)2)24-14-19-8-4-5-9-20(19)16-28-13-7-12-26-28;/h4-5,7-9,12-13,15H,3,6,10-11,14,16H2,1-2H3,(H,25,27)(H2,22,23,24);1H. The lowest BCUT2D eigenvalue weighted by Gasteiger charge is -2.12. The van der Waals surface area contributed by atoms with Crippen LogP contribution in [0.25, 0.3) is 0 Å². The normalized spacial score (nSPS) is 11.2. The number of nitrogens with zero attached hydrogens (tertiary/aromatic N) is 4. The van der Waals surface area contributed by atoms with E-state index in [9.17, 15) is 0 Å². The Morgan fingerprint density at radius 2 is 1.97 bits per heavy atom. The van der Waals surface area contributed by atoms with Gasteiger partial charge in [-0.1, -0.05) is 24.3 Å².